The minimum Gasteiger partial charge on any atom is -0.326 e. The second kappa shape index (κ2) is 4.20. The summed E-state index contributed by atoms with van der Waals surface area (Å²) in [5.74, 6) is -0.564. The van der Waals surface area contributed by atoms with E-state index in [9.17, 15) is 18.0 Å². The predicted octanol–water partition coefficient (Wildman–Crippen LogP) is 0.797. The van der Waals surface area contributed by atoms with Crippen molar-refractivity contribution in [2.45, 2.75) is 18.6 Å². The Balaban J connectivity index is 2.34. The summed E-state index contributed by atoms with van der Waals surface area (Å²) in [7, 11) is -3.41. The van der Waals surface area contributed by atoms with Gasteiger partial charge in [-0.25, -0.2) is 8.42 Å². The van der Waals surface area contributed by atoms with E-state index in [4.69, 9.17) is 0 Å². The molecular weight excluding hydrogens is 254 g/mol. The van der Waals surface area contributed by atoms with Gasteiger partial charge in [0.1, 0.15) is 5.25 Å². The zero-order chi connectivity index (χ0) is 13.5. The monoisotopic (exact) mass is 267 g/mol. The van der Waals surface area contributed by atoms with E-state index in [1.165, 1.54) is 13.0 Å². The van der Waals surface area contributed by atoms with Crippen LogP contribution in [0.2, 0.25) is 0 Å². The van der Waals surface area contributed by atoms with E-state index in [0.717, 1.165) is 11.8 Å². The minimum atomic E-state index is -3.41. The molecular formula is C12H13NO4S. The van der Waals surface area contributed by atoms with Gasteiger partial charge in [-0.05, 0) is 30.7 Å². The summed E-state index contributed by atoms with van der Waals surface area (Å²) >= 11 is 0. The van der Waals surface area contributed by atoms with Crippen LogP contribution in [0, 0.1) is 0 Å². The van der Waals surface area contributed by atoms with Gasteiger partial charge in [-0.15, -0.1) is 0 Å². The normalized spacial score (nSPS) is 16.0. The van der Waals surface area contributed by atoms with Crippen LogP contribution in [0.5, 0.6) is 0 Å². The zero-order valence-corrected chi connectivity index (χ0v) is 10.9. The lowest BCUT2D eigenvalue weighted by Crippen LogP contribution is -2.26. The van der Waals surface area contributed by atoms with Gasteiger partial charge >= 0.3 is 0 Å². The molecule has 0 fully saturated rings. The fourth-order valence-corrected chi connectivity index (χ4v) is 2.34. The Morgan fingerprint density at radius 2 is 2.06 bits per heavy atom. The maximum Gasteiger partial charge on any atom is 0.228 e. The maximum absolute atomic E-state index is 12.0. The molecule has 18 heavy (non-hydrogen) atoms. The maximum atomic E-state index is 12.0. The molecule has 1 N–H and O–H groups in total. The summed E-state index contributed by atoms with van der Waals surface area (Å²) in [6.45, 7) is 1.37. The van der Waals surface area contributed by atoms with Gasteiger partial charge in [0.15, 0.2) is 15.6 Å². The molecule has 0 aromatic heterocycles. The number of anilines is 1. The molecule has 1 amide bonds. The van der Waals surface area contributed by atoms with Crippen molar-refractivity contribution in [3.63, 3.8) is 0 Å². The Morgan fingerprint density at radius 3 is 2.67 bits per heavy atom. The van der Waals surface area contributed by atoms with Crippen LogP contribution < -0.4 is 5.32 Å². The van der Waals surface area contributed by atoms with Crippen molar-refractivity contribution >= 4 is 27.2 Å². The third-order valence-electron chi connectivity index (χ3n) is 3.03. The highest BCUT2D eigenvalue weighted by molar-refractivity contribution is 7.92. The van der Waals surface area contributed by atoms with Gasteiger partial charge in [-0.1, -0.05) is 0 Å². The number of benzene rings is 1. The van der Waals surface area contributed by atoms with Crippen molar-refractivity contribution in [3.8, 4) is 0 Å². The first-order valence-corrected chi connectivity index (χ1v) is 7.40. The van der Waals surface area contributed by atoms with Gasteiger partial charge in [0, 0.05) is 17.5 Å². The lowest BCUT2D eigenvalue weighted by atomic mass is 10.0. The summed E-state index contributed by atoms with van der Waals surface area (Å²) in [6.07, 6.45) is 1.26. The van der Waals surface area contributed by atoms with Gasteiger partial charge in [-0.3, -0.25) is 9.59 Å². The first kappa shape index (κ1) is 12.8. The number of fused-ring (bicyclic) bond motifs is 1. The van der Waals surface area contributed by atoms with Crippen LogP contribution in [0.1, 0.15) is 22.8 Å². The van der Waals surface area contributed by atoms with E-state index in [-0.39, 0.29) is 12.3 Å². The molecule has 1 aromatic carbocycles. The predicted molar refractivity (Wildman–Crippen MR) is 67.4 cm³/mol. The lowest BCUT2D eigenvalue weighted by molar-refractivity contribution is -0.115. The second-order valence-electron chi connectivity index (χ2n) is 4.43. The third kappa shape index (κ3) is 2.28. The Hall–Kier alpha value is -1.69. The van der Waals surface area contributed by atoms with Crippen LogP contribution in [-0.4, -0.2) is 31.6 Å². The summed E-state index contributed by atoms with van der Waals surface area (Å²) in [5.41, 5.74) is 1.73. The van der Waals surface area contributed by atoms with Crippen LogP contribution in [0.4, 0.5) is 5.69 Å². The number of nitrogens with one attached hydrogen (secondary N) is 1. The van der Waals surface area contributed by atoms with Crippen molar-refractivity contribution in [3.05, 3.63) is 29.3 Å². The minimum absolute atomic E-state index is 0.120. The molecule has 1 aromatic rings. The molecule has 0 saturated heterocycles. The molecule has 1 atom stereocenters. The Morgan fingerprint density at radius 1 is 1.39 bits per heavy atom. The first-order valence-electron chi connectivity index (χ1n) is 5.45. The van der Waals surface area contributed by atoms with Crippen LogP contribution >= 0.6 is 0 Å². The SMILES string of the molecule is CC(C(=O)c1ccc2c(c1)CC(=O)N2)S(C)(=O)=O. The number of Topliss-reactive ketones (excluding diaryl/α,β-unsaturated/α-hetero) is 1. The topological polar surface area (TPSA) is 80.3 Å². The van der Waals surface area contributed by atoms with Gasteiger partial charge in [0.25, 0.3) is 0 Å². The second-order valence-corrected chi connectivity index (χ2v) is 6.80. The largest absolute Gasteiger partial charge is 0.326 e. The Bertz CT molecular complexity index is 633. The number of amides is 1. The van der Waals surface area contributed by atoms with Crippen molar-refractivity contribution in [1.82, 2.24) is 0 Å². The summed E-state index contributed by atoms with van der Waals surface area (Å²) < 4.78 is 22.7. The van der Waals surface area contributed by atoms with Crippen molar-refractivity contribution in [1.29, 1.82) is 0 Å². The Labute approximate surface area is 105 Å². The molecule has 6 heteroatoms. The fraction of sp³-hybridized carbons (Fsp3) is 0.333. The average Bonchev–Trinajstić information content (AvgIpc) is 2.64. The smallest absolute Gasteiger partial charge is 0.228 e. The molecule has 0 bridgehead atoms. The highest BCUT2D eigenvalue weighted by Crippen LogP contribution is 2.24. The molecule has 0 aliphatic carbocycles. The number of rotatable bonds is 3. The van der Waals surface area contributed by atoms with Gasteiger partial charge in [0.05, 0.1) is 6.42 Å². The molecule has 5 nitrogen and oxygen atoms in total. The average molecular weight is 267 g/mol. The highest BCUT2D eigenvalue weighted by atomic mass is 32.2. The molecule has 0 radical (unpaired) electrons. The van der Waals surface area contributed by atoms with E-state index in [1.54, 1.807) is 12.1 Å². The quantitative estimate of drug-likeness (QED) is 0.821. The molecule has 1 aliphatic rings. The van der Waals surface area contributed by atoms with Crippen LogP contribution in [0.15, 0.2) is 18.2 Å². The molecule has 0 spiro atoms. The van der Waals surface area contributed by atoms with Crippen molar-refractivity contribution in [2.75, 3.05) is 11.6 Å². The standard InChI is InChI=1S/C12H13NO4S/c1-7(18(2,16)17)12(15)8-3-4-10-9(5-8)6-11(14)13-10/h3-5,7H,6H2,1-2H3,(H,13,14). The molecule has 2 rings (SSSR count). The molecule has 1 aliphatic heterocycles. The van der Waals surface area contributed by atoms with E-state index in [2.05, 4.69) is 5.32 Å². The highest BCUT2D eigenvalue weighted by Gasteiger charge is 2.26. The fourth-order valence-electron chi connectivity index (χ4n) is 1.81. The van der Waals surface area contributed by atoms with Crippen LogP contribution in [-0.2, 0) is 21.1 Å². The van der Waals surface area contributed by atoms with Gasteiger partial charge < -0.3 is 5.32 Å². The number of hydrogen-bond acceptors (Lipinski definition) is 4. The number of carbonyl (C=O) groups excluding carboxylic acids is 2. The van der Waals surface area contributed by atoms with E-state index >= 15 is 0 Å². The van der Waals surface area contributed by atoms with Crippen LogP contribution in [0.25, 0.3) is 0 Å². The van der Waals surface area contributed by atoms with Crippen molar-refractivity contribution in [2.24, 2.45) is 0 Å². The molecule has 1 unspecified atom stereocenters. The zero-order valence-electron chi connectivity index (χ0n) is 10.1. The summed E-state index contributed by atoms with van der Waals surface area (Å²) in [5, 5.41) is 1.59. The van der Waals surface area contributed by atoms with E-state index in [1.807, 2.05) is 0 Å². The summed E-state index contributed by atoms with van der Waals surface area (Å²) in [4.78, 5) is 23.2. The molecule has 96 valence electrons. The van der Waals surface area contributed by atoms with E-state index < -0.39 is 20.9 Å². The number of ketones is 1. The third-order valence-corrected chi connectivity index (χ3v) is 4.52. The number of sulfone groups is 1. The lowest BCUT2D eigenvalue weighted by Gasteiger charge is -2.09. The van der Waals surface area contributed by atoms with E-state index in [0.29, 0.717) is 11.3 Å². The summed E-state index contributed by atoms with van der Waals surface area (Å²) in [6, 6.07) is 4.74. The Kier molecular flexibility index (Phi) is 2.98. The number of carbonyl (C=O) groups is 2. The van der Waals surface area contributed by atoms with Gasteiger partial charge in [-0.2, -0.15) is 0 Å². The first-order chi connectivity index (χ1) is 8.29. The van der Waals surface area contributed by atoms with Crippen LogP contribution in [0.3, 0.4) is 0 Å². The van der Waals surface area contributed by atoms with Gasteiger partial charge in [0.2, 0.25) is 5.91 Å². The molecule has 1 heterocycles. The number of hydrogen-bond donors (Lipinski definition) is 1. The molecule has 0 saturated carbocycles. The van der Waals surface area contributed by atoms with Crippen molar-refractivity contribution < 1.29 is 18.0 Å².